The summed E-state index contributed by atoms with van der Waals surface area (Å²) in [6, 6.07) is 26.4. The van der Waals surface area contributed by atoms with Crippen molar-refractivity contribution in [1.82, 2.24) is 16.0 Å². The van der Waals surface area contributed by atoms with Gasteiger partial charge >= 0.3 is 6.09 Å². The molecule has 0 saturated carbocycles. The van der Waals surface area contributed by atoms with E-state index in [0.29, 0.717) is 6.42 Å². The van der Waals surface area contributed by atoms with Crippen molar-refractivity contribution in [1.29, 1.82) is 0 Å². The summed E-state index contributed by atoms with van der Waals surface area (Å²) < 4.78 is 5.32. The van der Waals surface area contributed by atoms with Gasteiger partial charge in [0.1, 0.15) is 18.8 Å². The van der Waals surface area contributed by atoms with Crippen molar-refractivity contribution in [3.63, 3.8) is 0 Å². The molecular weight excluding hydrogens is 494 g/mol. The van der Waals surface area contributed by atoms with Crippen LogP contribution in [0.3, 0.4) is 0 Å². The zero-order valence-electron chi connectivity index (χ0n) is 22.2. The highest BCUT2D eigenvalue weighted by molar-refractivity contribution is 5.97. The maximum absolute atomic E-state index is 13.6. The number of ether oxygens (including phenoxy) is 1. The first-order valence-corrected chi connectivity index (χ1v) is 13.1. The van der Waals surface area contributed by atoms with Crippen molar-refractivity contribution in [2.24, 2.45) is 5.92 Å². The van der Waals surface area contributed by atoms with E-state index in [2.05, 4.69) is 16.0 Å². The molecule has 4 atom stereocenters. The Morgan fingerprint density at radius 2 is 1.44 bits per heavy atom. The number of hydrogen-bond acceptors (Lipinski definition) is 5. The Labute approximate surface area is 228 Å². The lowest BCUT2D eigenvalue weighted by Gasteiger charge is -2.34. The van der Waals surface area contributed by atoms with Crippen LogP contribution in [0.4, 0.5) is 4.79 Å². The van der Waals surface area contributed by atoms with Crippen molar-refractivity contribution in [2.45, 2.75) is 57.0 Å². The minimum absolute atomic E-state index is 0.0549. The lowest BCUT2D eigenvalue weighted by Crippen LogP contribution is -2.65. The van der Waals surface area contributed by atoms with Gasteiger partial charge in [0.05, 0.1) is 6.04 Å². The fourth-order valence-corrected chi connectivity index (χ4v) is 4.89. The van der Waals surface area contributed by atoms with Crippen LogP contribution in [0.15, 0.2) is 91.0 Å². The van der Waals surface area contributed by atoms with Gasteiger partial charge in [-0.3, -0.25) is 9.59 Å². The van der Waals surface area contributed by atoms with E-state index < -0.39 is 41.6 Å². The Morgan fingerprint density at radius 3 is 2.00 bits per heavy atom. The van der Waals surface area contributed by atoms with Crippen molar-refractivity contribution in [2.75, 3.05) is 0 Å². The topological polar surface area (TPSA) is 117 Å². The second-order valence-corrected chi connectivity index (χ2v) is 10.3. The summed E-state index contributed by atoms with van der Waals surface area (Å²) >= 11 is 0. The lowest BCUT2D eigenvalue weighted by molar-refractivity contribution is -0.135. The van der Waals surface area contributed by atoms with Crippen LogP contribution in [0.1, 0.15) is 30.5 Å². The Balaban J connectivity index is 1.53. The van der Waals surface area contributed by atoms with E-state index in [1.54, 1.807) is 13.8 Å². The van der Waals surface area contributed by atoms with Crippen molar-refractivity contribution in [3.05, 3.63) is 108 Å². The molecule has 39 heavy (non-hydrogen) atoms. The Bertz CT molecular complexity index is 1250. The number of rotatable bonds is 10. The number of carbonyl (C=O) groups is 3. The minimum atomic E-state index is -1.62. The van der Waals surface area contributed by atoms with Gasteiger partial charge in [-0.2, -0.15) is 0 Å². The molecule has 4 N–H and O–H groups in total. The van der Waals surface area contributed by atoms with Crippen LogP contribution in [0, 0.1) is 5.92 Å². The number of aliphatic hydroxyl groups is 1. The molecule has 204 valence electrons. The van der Waals surface area contributed by atoms with Crippen LogP contribution < -0.4 is 16.0 Å². The number of hydrogen-bond donors (Lipinski definition) is 4. The molecule has 8 nitrogen and oxygen atoms in total. The van der Waals surface area contributed by atoms with Crippen LogP contribution in [0.25, 0.3) is 0 Å². The summed E-state index contributed by atoms with van der Waals surface area (Å²) in [4.78, 5) is 39.7. The summed E-state index contributed by atoms with van der Waals surface area (Å²) in [6.07, 6.45) is -1.48. The third-order valence-electron chi connectivity index (χ3n) is 7.01. The average Bonchev–Trinajstić information content (AvgIpc) is 3.15. The van der Waals surface area contributed by atoms with Crippen LogP contribution >= 0.6 is 0 Å². The number of benzene rings is 3. The highest BCUT2D eigenvalue weighted by Crippen LogP contribution is 2.29. The smallest absolute Gasteiger partial charge is 0.408 e. The molecule has 0 aromatic heterocycles. The van der Waals surface area contributed by atoms with Crippen molar-refractivity contribution < 1.29 is 24.2 Å². The van der Waals surface area contributed by atoms with E-state index in [0.717, 1.165) is 16.7 Å². The number of nitrogens with one attached hydrogen (secondary N) is 3. The molecule has 0 spiro atoms. The zero-order chi connectivity index (χ0) is 27.8. The molecule has 0 radical (unpaired) electrons. The fourth-order valence-electron chi connectivity index (χ4n) is 4.89. The van der Waals surface area contributed by atoms with Gasteiger partial charge in [0.25, 0.3) is 0 Å². The largest absolute Gasteiger partial charge is 0.445 e. The molecule has 3 amide bonds. The molecular formula is C31H35N3O5. The van der Waals surface area contributed by atoms with Gasteiger partial charge in [-0.15, -0.1) is 0 Å². The molecule has 3 aromatic rings. The molecule has 4 rings (SSSR count). The van der Waals surface area contributed by atoms with Crippen LogP contribution in [0.5, 0.6) is 0 Å². The predicted molar refractivity (Wildman–Crippen MR) is 147 cm³/mol. The van der Waals surface area contributed by atoms with Gasteiger partial charge in [-0.25, -0.2) is 4.79 Å². The van der Waals surface area contributed by atoms with E-state index in [1.165, 1.54) is 0 Å². The summed E-state index contributed by atoms with van der Waals surface area (Å²) in [5, 5.41) is 19.9. The third-order valence-corrected chi connectivity index (χ3v) is 7.01. The summed E-state index contributed by atoms with van der Waals surface area (Å²) in [5.74, 6) is -1.36. The standard InChI is InChI=1S/C31H35N3O5/c1-21(2)26(33-30(38)39-20-24-16-10-5-11-17-24)28(36)34-31(19-23-14-8-4-9-15-23)27(35)25(32-29(31)37)18-22-12-6-3-7-13-22/h3-17,21,25-27,35H,18-20H2,1-2H3,(H,32,37)(H,33,38)(H,34,36)/t25?,26-,27?,31?/m0/s1. The molecule has 1 heterocycles. The van der Waals surface area contributed by atoms with E-state index in [-0.39, 0.29) is 18.9 Å². The second-order valence-electron chi connectivity index (χ2n) is 10.3. The van der Waals surface area contributed by atoms with Crippen LogP contribution in [0.2, 0.25) is 0 Å². The average molecular weight is 530 g/mol. The molecule has 1 saturated heterocycles. The molecule has 3 unspecified atom stereocenters. The highest BCUT2D eigenvalue weighted by atomic mass is 16.5. The molecule has 1 aliphatic rings. The zero-order valence-corrected chi connectivity index (χ0v) is 22.2. The summed E-state index contributed by atoms with van der Waals surface area (Å²) in [5.41, 5.74) is 0.922. The maximum atomic E-state index is 13.6. The van der Waals surface area contributed by atoms with Gasteiger partial charge in [0.15, 0.2) is 5.54 Å². The fraction of sp³-hybridized carbons (Fsp3) is 0.323. The first-order chi connectivity index (χ1) is 18.8. The highest BCUT2D eigenvalue weighted by Gasteiger charge is 2.56. The van der Waals surface area contributed by atoms with Gasteiger partial charge in [0, 0.05) is 6.42 Å². The monoisotopic (exact) mass is 529 g/mol. The molecule has 0 bridgehead atoms. The number of carbonyl (C=O) groups excluding carboxylic acids is 3. The molecule has 1 aliphatic heterocycles. The Hall–Kier alpha value is -4.17. The predicted octanol–water partition coefficient (Wildman–Crippen LogP) is 3.14. The first kappa shape index (κ1) is 27.9. The number of alkyl carbamates (subject to hydrolysis) is 1. The minimum Gasteiger partial charge on any atom is -0.445 e. The van der Waals surface area contributed by atoms with E-state index in [4.69, 9.17) is 4.74 Å². The van der Waals surface area contributed by atoms with E-state index in [1.807, 2.05) is 91.0 Å². The first-order valence-electron chi connectivity index (χ1n) is 13.1. The number of aliphatic hydroxyl groups excluding tert-OH is 1. The number of amides is 3. The summed E-state index contributed by atoms with van der Waals surface area (Å²) in [7, 11) is 0. The lowest BCUT2D eigenvalue weighted by atomic mass is 9.83. The normalized spacial score (nSPS) is 21.2. The Kier molecular flexibility index (Phi) is 8.99. The molecule has 3 aromatic carbocycles. The van der Waals surface area contributed by atoms with Crippen molar-refractivity contribution >= 4 is 17.9 Å². The van der Waals surface area contributed by atoms with Gasteiger partial charge in [-0.05, 0) is 29.0 Å². The quantitative estimate of drug-likeness (QED) is 0.322. The Morgan fingerprint density at radius 1 is 0.897 bits per heavy atom. The van der Waals surface area contributed by atoms with Crippen molar-refractivity contribution in [3.8, 4) is 0 Å². The van der Waals surface area contributed by atoms with Gasteiger partial charge in [0.2, 0.25) is 11.8 Å². The van der Waals surface area contributed by atoms with Crippen LogP contribution in [-0.2, 0) is 33.8 Å². The molecule has 8 heteroatoms. The van der Waals surface area contributed by atoms with Crippen LogP contribution in [-0.4, -0.2) is 46.7 Å². The molecule has 0 aliphatic carbocycles. The van der Waals surface area contributed by atoms with Gasteiger partial charge < -0.3 is 25.8 Å². The second kappa shape index (κ2) is 12.6. The van der Waals surface area contributed by atoms with Gasteiger partial charge in [-0.1, -0.05) is 105 Å². The van der Waals surface area contributed by atoms with E-state index in [9.17, 15) is 19.5 Å². The summed E-state index contributed by atoms with van der Waals surface area (Å²) in [6.45, 7) is 3.63. The maximum Gasteiger partial charge on any atom is 0.408 e. The SMILES string of the molecule is CC(C)[C@H](NC(=O)OCc1ccccc1)C(=O)NC1(Cc2ccccc2)C(=O)NC(Cc2ccccc2)C1O. The molecule has 1 fully saturated rings. The third kappa shape index (κ3) is 6.83. The van der Waals surface area contributed by atoms with E-state index >= 15 is 0 Å².